The summed E-state index contributed by atoms with van der Waals surface area (Å²) in [5.41, 5.74) is 1.30. The molecule has 0 saturated carbocycles. The molecule has 4 nitrogen and oxygen atoms in total. The molecule has 2 aromatic rings. The highest BCUT2D eigenvalue weighted by molar-refractivity contribution is 6.32. The number of carbonyl (C=O) groups excluding carboxylic acids is 1. The van der Waals surface area contributed by atoms with Gasteiger partial charge in [-0.15, -0.1) is 0 Å². The monoisotopic (exact) mass is 295 g/mol. The van der Waals surface area contributed by atoms with Crippen LogP contribution in [0, 0.1) is 0 Å². The summed E-state index contributed by atoms with van der Waals surface area (Å²) in [6.45, 7) is 0.337. The number of urea groups is 1. The van der Waals surface area contributed by atoms with E-state index in [0.717, 1.165) is 5.56 Å². The van der Waals surface area contributed by atoms with E-state index >= 15 is 0 Å². The minimum absolute atomic E-state index is 0.246. The molecule has 1 aromatic heterocycles. The zero-order valence-corrected chi connectivity index (χ0v) is 11.4. The average Bonchev–Trinajstić information content (AvgIpc) is 2.40. The van der Waals surface area contributed by atoms with Gasteiger partial charge in [0.15, 0.2) is 5.15 Å². The molecule has 2 N–H and O–H groups in total. The van der Waals surface area contributed by atoms with Gasteiger partial charge in [-0.05, 0) is 23.8 Å². The van der Waals surface area contributed by atoms with Crippen molar-refractivity contribution >= 4 is 34.9 Å². The van der Waals surface area contributed by atoms with Crippen molar-refractivity contribution < 1.29 is 4.79 Å². The Bertz CT molecular complexity index is 590. The third-order valence-corrected chi connectivity index (χ3v) is 3.07. The van der Waals surface area contributed by atoms with E-state index in [1.54, 1.807) is 24.4 Å². The predicted octanol–water partition coefficient (Wildman–Crippen LogP) is 3.71. The SMILES string of the molecule is O=C(NCc1ccccc1Cl)Nc1cccnc1Cl. The first-order valence-electron chi connectivity index (χ1n) is 5.55. The van der Waals surface area contributed by atoms with E-state index in [4.69, 9.17) is 23.2 Å². The first-order valence-corrected chi connectivity index (χ1v) is 6.31. The minimum Gasteiger partial charge on any atom is -0.334 e. The van der Waals surface area contributed by atoms with Crippen LogP contribution in [0.25, 0.3) is 0 Å². The van der Waals surface area contributed by atoms with Crippen molar-refractivity contribution in [1.82, 2.24) is 10.3 Å². The summed E-state index contributed by atoms with van der Waals surface area (Å²) < 4.78 is 0. The fourth-order valence-corrected chi connectivity index (χ4v) is 1.83. The number of benzene rings is 1. The summed E-state index contributed by atoms with van der Waals surface area (Å²) in [5.74, 6) is 0. The molecule has 0 fully saturated rings. The van der Waals surface area contributed by atoms with Gasteiger partial charge in [0, 0.05) is 17.8 Å². The second-order valence-electron chi connectivity index (χ2n) is 3.74. The van der Waals surface area contributed by atoms with Crippen molar-refractivity contribution in [2.75, 3.05) is 5.32 Å². The van der Waals surface area contributed by atoms with E-state index in [1.165, 1.54) is 0 Å². The van der Waals surface area contributed by atoms with Gasteiger partial charge in [0.25, 0.3) is 0 Å². The maximum absolute atomic E-state index is 11.7. The lowest BCUT2D eigenvalue weighted by molar-refractivity contribution is 0.251. The first kappa shape index (κ1) is 13.6. The number of aromatic nitrogens is 1. The smallest absolute Gasteiger partial charge is 0.319 e. The predicted molar refractivity (Wildman–Crippen MR) is 76.6 cm³/mol. The molecule has 0 unspecified atom stereocenters. The number of carbonyl (C=O) groups is 1. The molecule has 1 aromatic carbocycles. The number of hydrogen-bond acceptors (Lipinski definition) is 2. The van der Waals surface area contributed by atoms with Crippen LogP contribution in [0.1, 0.15) is 5.56 Å². The average molecular weight is 296 g/mol. The number of halogens is 2. The van der Waals surface area contributed by atoms with Gasteiger partial charge >= 0.3 is 6.03 Å². The Labute approximate surface area is 120 Å². The number of amides is 2. The molecule has 0 aliphatic rings. The van der Waals surface area contributed by atoms with Gasteiger partial charge in [-0.3, -0.25) is 0 Å². The number of pyridine rings is 1. The summed E-state index contributed by atoms with van der Waals surface area (Å²) in [5, 5.41) is 6.17. The molecule has 98 valence electrons. The quantitative estimate of drug-likeness (QED) is 0.848. The standard InChI is InChI=1S/C13H11Cl2N3O/c14-10-5-2-1-4-9(10)8-17-13(19)18-11-6-3-7-16-12(11)15/h1-7H,8H2,(H2,17,18,19). The summed E-state index contributed by atoms with van der Waals surface area (Å²) in [4.78, 5) is 15.6. The van der Waals surface area contributed by atoms with Gasteiger partial charge in [-0.1, -0.05) is 41.4 Å². The van der Waals surface area contributed by atoms with Gasteiger partial charge in [-0.25, -0.2) is 9.78 Å². The maximum atomic E-state index is 11.7. The van der Waals surface area contributed by atoms with Crippen molar-refractivity contribution in [2.24, 2.45) is 0 Å². The first-order chi connectivity index (χ1) is 9.16. The maximum Gasteiger partial charge on any atom is 0.319 e. The lowest BCUT2D eigenvalue weighted by Crippen LogP contribution is -2.28. The molecule has 2 amide bonds. The van der Waals surface area contributed by atoms with Crippen molar-refractivity contribution in [3.63, 3.8) is 0 Å². The molecule has 2 rings (SSSR count). The topological polar surface area (TPSA) is 54.0 Å². The van der Waals surface area contributed by atoms with E-state index in [1.807, 2.05) is 18.2 Å². The van der Waals surface area contributed by atoms with Crippen molar-refractivity contribution in [2.45, 2.75) is 6.54 Å². The Morgan fingerprint density at radius 3 is 2.68 bits per heavy atom. The van der Waals surface area contributed by atoms with E-state index in [0.29, 0.717) is 17.3 Å². The summed E-state index contributed by atoms with van der Waals surface area (Å²) in [6, 6.07) is 10.3. The zero-order chi connectivity index (χ0) is 13.7. The van der Waals surface area contributed by atoms with Crippen LogP contribution in [0.2, 0.25) is 10.2 Å². The van der Waals surface area contributed by atoms with Crippen molar-refractivity contribution in [3.05, 3.63) is 58.3 Å². The molecule has 1 heterocycles. The van der Waals surface area contributed by atoms with Gasteiger partial charge in [0.2, 0.25) is 0 Å². The van der Waals surface area contributed by atoms with Crippen LogP contribution in [0.15, 0.2) is 42.6 Å². The van der Waals surface area contributed by atoms with Crippen LogP contribution in [0.4, 0.5) is 10.5 Å². The van der Waals surface area contributed by atoms with Crippen LogP contribution in [-0.2, 0) is 6.54 Å². The highest BCUT2D eigenvalue weighted by Crippen LogP contribution is 2.17. The molecular weight excluding hydrogens is 285 g/mol. The number of nitrogens with one attached hydrogen (secondary N) is 2. The molecule has 0 bridgehead atoms. The van der Waals surface area contributed by atoms with E-state index in [2.05, 4.69) is 15.6 Å². The molecule has 0 atom stereocenters. The second kappa shape index (κ2) is 6.41. The molecule has 0 aliphatic heterocycles. The highest BCUT2D eigenvalue weighted by atomic mass is 35.5. The number of nitrogens with zero attached hydrogens (tertiary/aromatic N) is 1. The summed E-state index contributed by atoms with van der Waals surface area (Å²) in [6.07, 6.45) is 1.55. The Morgan fingerprint density at radius 1 is 1.16 bits per heavy atom. The van der Waals surface area contributed by atoms with Crippen LogP contribution < -0.4 is 10.6 Å². The van der Waals surface area contributed by atoms with Crippen molar-refractivity contribution in [3.8, 4) is 0 Å². The Hall–Kier alpha value is -1.78. The van der Waals surface area contributed by atoms with Crippen LogP contribution in [-0.4, -0.2) is 11.0 Å². The third kappa shape index (κ3) is 3.84. The van der Waals surface area contributed by atoms with Gasteiger partial charge in [-0.2, -0.15) is 0 Å². The van der Waals surface area contributed by atoms with E-state index < -0.39 is 0 Å². The molecule has 0 spiro atoms. The van der Waals surface area contributed by atoms with Crippen LogP contribution in [0.3, 0.4) is 0 Å². The largest absolute Gasteiger partial charge is 0.334 e. The fraction of sp³-hybridized carbons (Fsp3) is 0.0769. The van der Waals surface area contributed by atoms with Gasteiger partial charge < -0.3 is 10.6 Å². The zero-order valence-electron chi connectivity index (χ0n) is 9.86. The van der Waals surface area contributed by atoms with Crippen LogP contribution >= 0.6 is 23.2 Å². The number of anilines is 1. The van der Waals surface area contributed by atoms with E-state index in [9.17, 15) is 4.79 Å². The number of hydrogen-bond donors (Lipinski definition) is 2. The van der Waals surface area contributed by atoms with E-state index in [-0.39, 0.29) is 11.2 Å². The second-order valence-corrected chi connectivity index (χ2v) is 4.51. The Balaban J connectivity index is 1.92. The molecular formula is C13H11Cl2N3O. The van der Waals surface area contributed by atoms with Gasteiger partial charge in [0.05, 0.1) is 5.69 Å². The normalized spacial score (nSPS) is 10.0. The van der Waals surface area contributed by atoms with Crippen molar-refractivity contribution in [1.29, 1.82) is 0 Å². The Morgan fingerprint density at radius 2 is 1.95 bits per heavy atom. The Kier molecular flexibility index (Phi) is 4.60. The lowest BCUT2D eigenvalue weighted by Gasteiger charge is -2.09. The van der Waals surface area contributed by atoms with Gasteiger partial charge in [0.1, 0.15) is 0 Å². The highest BCUT2D eigenvalue weighted by Gasteiger charge is 2.06. The summed E-state index contributed by atoms with van der Waals surface area (Å²) in [7, 11) is 0. The summed E-state index contributed by atoms with van der Waals surface area (Å²) >= 11 is 11.8. The molecule has 6 heteroatoms. The fourth-order valence-electron chi connectivity index (χ4n) is 1.46. The van der Waals surface area contributed by atoms with Crippen LogP contribution in [0.5, 0.6) is 0 Å². The molecule has 0 radical (unpaired) electrons. The minimum atomic E-state index is -0.366. The third-order valence-electron chi connectivity index (χ3n) is 2.40. The lowest BCUT2D eigenvalue weighted by atomic mass is 10.2. The number of rotatable bonds is 3. The molecule has 0 saturated heterocycles. The molecule has 0 aliphatic carbocycles. The molecule has 19 heavy (non-hydrogen) atoms.